The minimum Gasteiger partial charge on any atom is -0.511 e. The molecule has 0 fully saturated rings. The predicted octanol–water partition coefficient (Wildman–Crippen LogP) is 2.11. The van der Waals surface area contributed by atoms with Crippen molar-refractivity contribution in [3.8, 4) is 0 Å². The largest absolute Gasteiger partial charge is 2.00 e. The molecule has 0 aliphatic carbocycles. The molecule has 7 heteroatoms. The summed E-state index contributed by atoms with van der Waals surface area (Å²) in [5.41, 5.74) is 0. The Morgan fingerprint density at radius 3 is 1.07 bits per heavy atom. The van der Waals surface area contributed by atoms with Crippen LogP contribution in [-0.4, -0.2) is 44.0 Å². The molecule has 0 heterocycles. The maximum absolute atomic E-state index is 4.80. The van der Waals surface area contributed by atoms with Crippen LogP contribution in [0, 0.1) is 0 Å². The van der Waals surface area contributed by atoms with Crippen molar-refractivity contribution in [1.82, 2.24) is 0 Å². The molecule has 0 aromatic carbocycles. The molecule has 0 radical (unpaired) electrons. The van der Waals surface area contributed by atoms with Crippen LogP contribution in [0.4, 0.5) is 0 Å². The molecule has 0 atom stereocenters. The monoisotopic (exact) mass is 294 g/mol. The van der Waals surface area contributed by atoms with E-state index in [1.165, 1.54) is 0 Å². The summed E-state index contributed by atoms with van der Waals surface area (Å²) in [6.45, 7) is 7.55. The average molecular weight is 295 g/mol. The van der Waals surface area contributed by atoms with Crippen LogP contribution in [0.3, 0.4) is 0 Å². The van der Waals surface area contributed by atoms with Gasteiger partial charge in [0.2, 0.25) is 0 Å². The van der Waals surface area contributed by atoms with Crippen LogP contribution in [0.25, 0.3) is 0 Å². The number of rotatable bonds is 2. The minimum absolute atomic E-state index is 0. The molecule has 0 aliphatic heterocycles. The van der Waals surface area contributed by atoms with Crippen molar-refractivity contribution in [1.29, 1.82) is 0 Å². The van der Waals surface area contributed by atoms with E-state index in [2.05, 4.69) is 49.7 Å². The smallest absolute Gasteiger partial charge is 0.511 e. The molecule has 15 heavy (non-hydrogen) atoms. The zero-order valence-electron chi connectivity index (χ0n) is 9.31. The van der Waals surface area contributed by atoms with Gasteiger partial charge >= 0.3 is 23.1 Å². The van der Waals surface area contributed by atoms with E-state index < -0.39 is 0 Å². The molecule has 0 unspecified atom stereocenters. The second kappa shape index (κ2) is 13.1. The Hall–Kier alpha value is 0.986. The molecule has 0 N–H and O–H groups in total. The summed E-state index contributed by atoms with van der Waals surface area (Å²) < 4.78 is 10.0. The van der Waals surface area contributed by atoms with Crippen molar-refractivity contribution in [2.45, 2.75) is 39.9 Å². The molecule has 84 valence electrons. The predicted molar refractivity (Wildman–Crippen MR) is 78.1 cm³/mol. The van der Waals surface area contributed by atoms with Gasteiger partial charge < -0.3 is 59.2 Å². The Kier molecular flexibility index (Phi) is 18.5. The van der Waals surface area contributed by atoms with E-state index in [1.807, 2.05) is 27.7 Å². The van der Waals surface area contributed by atoms with Gasteiger partial charge in [0.15, 0.2) is 0 Å². The normalized spacial score (nSPS) is 8.40. The Balaban J connectivity index is -0.000000180. The maximum Gasteiger partial charge on any atom is 2.00 e. The molecular weight excluding hydrogens is 281 g/mol. The molecule has 0 spiro atoms. The molecule has 0 saturated heterocycles. The van der Waals surface area contributed by atoms with Crippen molar-refractivity contribution in [2.75, 3.05) is 0 Å². The maximum atomic E-state index is 4.80. The van der Waals surface area contributed by atoms with Gasteiger partial charge in [-0.3, -0.25) is 0 Å². The van der Waals surface area contributed by atoms with E-state index in [0.717, 1.165) is 0 Å². The van der Waals surface area contributed by atoms with Gasteiger partial charge in [-0.25, -0.2) is 0 Å². The van der Waals surface area contributed by atoms with Gasteiger partial charge in [-0.05, 0) is 27.7 Å². The standard InChI is InChI=1S/2C4H8OS2.Mg/c2*1-3(2)5-4(6)7;/h2*3H,1-2H3,(H,6,7);/q;;+2/p-2. The van der Waals surface area contributed by atoms with Crippen LogP contribution in [-0.2, 0) is 34.7 Å². The molecule has 2 nitrogen and oxygen atoms in total. The van der Waals surface area contributed by atoms with Gasteiger partial charge in [-0.1, -0.05) is 0 Å². The second-order valence-corrected chi connectivity index (χ2v) is 4.83. The Labute approximate surface area is 130 Å². The van der Waals surface area contributed by atoms with E-state index >= 15 is 0 Å². The second-order valence-electron chi connectivity index (χ2n) is 2.83. The third-order valence-corrected chi connectivity index (χ3v) is 1.05. The first kappa shape index (κ1) is 21.3. The molecule has 0 rings (SSSR count). The van der Waals surface area contributed by atoms with Gasteiger partial charge in [0, 0.05) is 8.77 Å². The van der Waals surface area contributed by atoms with Gasteiger partial charge in [0.05, 0.1) is 12.2 Å². The fraction of sp³-hybridized carbons (Fsp3) is 0.750. The number of thiocarbonyl (C=S) groups is 2. The van der Waals surface area contributed by atoms with Crippen LogP contribution in [0.2, 0.25) is 0 Å². The van der Waals surface area contributed by atoms with E-state index in [0.29, 0.717) is 0 Å². The summed E-state index contributed by atoms with van der Waals surface area (Å²) in [5, 5.41) is 0. The fourth-order valence-corrected chi connectivity index (χ4v) is 1.15. The first-order chi connectivity index (χ1) is 6.25. The summed E-state index contributed by atoms with van der Waals surface area (Å²) in [6.07, 6.45) is 0.259. The summed E-state index contributed by atoms with van der Waals surface area (Å²) in [5.74, 6) is 0. The summed E-state index contributed by atoms with van der Waals surface area (Å²) in [6, 6.07) is 0. The van der Waals surface area contributed by atoms with E-state index in [9.17, 15) is 0 Å². The topological polar surface area (TPSA) is 18.5 Å². The SMILES string of the molecule is CC(C)OC(=S)[S-].CC(C)OC(=S)[S-].[Mg+2]. The van der Waals surface area contributed by atoms with E-state index in [-0.39, 0.29) is 44.0 Å². The minimum atomic E-state index is 0. The van der Waals surface area contributed by atoms with Crippen LogP contribution in [0.5, 0.6) is 0 Å². The fourth-order valence-electron chi connectivity index (χ4n) is 0.385. The zero-order chi connectivity index (χ0) is 11.7. The molecule has 0 amide bonds. The first-order valence-corrected chi connectivity index (χ1v) is 5.64. The molecule has 0 bridgehead atoms. The first-order valence-electron chi connectivity index (χ1n) is 4.01. The van der Waals surface area contributed by atoms with Crippen molar-refractivity contribution in [3.05, 3.63) is 0 Å². The summed E-state index contributed by atoms with van der Waals surface area (Å²) in [4.78, 5) is 0. The van der Waals surface area contributed by atoms with Crippen LogP contribution < -0.4 is 0 Å². The average Bonchev–Trinajstić information content (AvgIpc) is 1.79. The van der Waals surface area contributed by atoms with E-state index in [1.54, 1.807) is 0 Å². The molecule has 0 aromatic rings. The third kappa shape index (κ3) is 31.3. The van der Waals surface area contributed by atoms with Gasteiger partial charge in [0.1, 0.15) is 0 Å². The Morgan fingerprint density at radius 2 is 1.07 bits per heavy atom. The number of ether oxygens (including phenoxy) is 2. The van der Waals surface area contributed by atoms with Crippen molar-refractivity contribution in [2.24, 2.45) is 0 Å². The molecule has 0 saturated carbocycles. The van der Waals surface area contributed by atoms with E-state index in [4.69, 9.17) is 9.47 Å². The van der Waals surface area contributed by atoms with Crippen LogP contribution in [0.15, 0.2) is 0 Å². The van der Waals surface area contributed by atoms with Crippen molar-refractivity contribution in [3.63, 3.8) is 0 Å². The molecular formula is C8H14MgO2S4. The van der Waals surface area contributed by atoms with Gasteiger partial charge in [-0.15, -0.1) is 0 Å². The molecule has 0 aliphatic rings. The van der Waals surface area contributed by atoms with Crippen LogP contribution in [0.1, 0.15) is 27.7 Å². The zero-order valence-corrected chi connectivity index (χ0v) is 14.0. The number of hydrogen-bond acceptors (Lipinski definition) is 6. The third-order valence-electron chi connectivity index (χ3n) is 0.664. The van der Waals surface area contributed by atoms with Gasteiger partial charge in [-0.2, -0.15) is 0 Å². The van der Waals surface area contributed by atoms with Crippen molar-refractivity contribution >= 4 is 81.5 Å². The molecule has 0 aromatic heterocycles. The summed E-state index contributed by atoms with van der Waals surface area (Å²) in [7, 11) is 0. The van der Waals surface area contributed by atoms with Gasteiger partial charge in [0.25, 0.3) is 0 Å². The van der Waals surface area contributed by atoms with Crippen LogP contribution >= 0.6 is 24.4 Å². The Morgan fingerprint density at radius 1 is 0.867 bits per heavy atom. The van der Waals surface area contributed by atoms with Crippen molar-refractivity contribution < 1.29 is 9.47 Å². The Bertz CT molecular complexity index is 165. The quantitative estimate of drug-likeness (QED) is 0.438. The summed E-state index contributed by atoms with van der Waals surface area (Å²) >= 11 is 17.9. The number of hydrogen-bond donors (Lipinski definition) is 0.